The van der Waals surface area contributed by atoms with Gasteiger partial charge in [-0.25, -0.2) is 8.42 Å². The Balaban J connectivity index is 1.79. The number of benzene rings is 2. The summed E-state index contributed by atoms with van der Waals surface area (Å²) in [5.41, 5.74) is 0.369. The van der Waals surface area contributed by atoms with Crippen LogP contribution in [0.4, 0.5) is 5.69 Å². The average Bonchev–Trinajstić information content (AvgIpc) is 3.16. The van der Waals surface area contributed by atoms with Gasteiger partial charge in [0.05, 0.1) is 23.5 Å². The maximum atomic E-state index is 12.7. The van der Waals surface area contributed by atoms with Crippen LogP contribution in [0.1, 0.15) is 5.89 Å². The van der Waals surface area contributed by atoms with Crippen molar-refractivity contribution in [2.45, 2.75) is 11.4 Å². The zero-order valence-electron chi connectivity index (χ0n) is 15.0. The first-order valence-electron chi connectivity index (χ1n) is 7.99. The maximum absolute atomic E-state index is 12.7. The van der Waals surface area contributed by atoms with E-state index in [1.54, 1.807) is 31.4 Å². The zero-order valence-corrected chi connectivity index (χ0v) is 15.8. The van der Waals surface area contributed by atoms with Crippen molar-refractivity contribution in [2.75, 3.05) is 14.2 Å². The third-order valence-electron chi connectivity index (χ3n) is 3.91. The Morgan fingerprint density at radius 1 is 1.21 bits per heavy atom. The number of ether oxygens (including phenoxy) is 1. The minimum atomic E-state index is -3.97. The average molecular weight is 404 g/mol. The van der Waals surface area contributed by atoms with Crippen LogP contribution in [0.5, 0.6) is 5.75 Å². The first kappa shape index (κ1) is 19.5. The second-order valence-electron chi connectivity index (χ2n) is 5.76. The molecule has 1 aromatic heterocycles. The molecule has 0 fully saturated rings. The lowest BCUT2D eigenvalue weighted by atomic mass is 10.2. The predicted octanol–water partition coefficient (Wildman–Crippen LogP) is 2.47. The van der Waals surface area contributed by atoms with E-state index in [0.29, 0.717) is 17.1 Å². The van der Waals surface area contributed by atoms with Gasteiger partial charge in [-0.15, -0.1) is 0 Å². The van der Waals surface area contributed by atoms with Crippen molar-refractivity contribution in [3.63, 3.8) is 0 Å². The summed E-state index contributed by atoms with van der Waals surface area (Å²) in [5.74, 6) is 1.07. The number of non-ortho nitro benzene ring substituents is 1. The van der Waals surface area contributed by atoms with Gasteiger partial charge in [-0.05, 0) is 30.3 Å². The summed E-state index contributed by atoms with van der Waals surface area (Å²) < 4.78 is 36.5. The molecule has 0 N–H and O–H groups in total. The van der Waals surface area contributed by atoms with Crippen LogP contribution in [0, 0.1) is 10.1 Å². The lowest BCUT2D eigenvalue weighted by Gasteiger charge is -2.14. The van der Waals surface area contributed by atoms with E-state index in [9.17, 15) is 18.5 Å². The highest BCUT2D eigenvalue weighted by Gasteiger charge is 2.25. The molecular formula is C17H16N4O6S. The fourth-order valence-electron chi connectivity index (χ4n) is 2.39. The molecule has 0 unspecified atom stereocenters. The predicted molar refractivity (Wildman–Crippen MR) is 98.0 cm³/mol. The van der Waals surface area contributed by atoms with Gasteiger partial charge in [-0.3, -0.25) is 10.1 Å². The first-order chi connectivity index (χ1) is 13.3. The quantitative estimate of drug-likeness (QED) is 0.434. The van der Waals surface area contributed by atoms with Crippen molar-refractivity contribution in [3.05, 3.63) is 64.5 Å². The molecule has 0 saturated heterocycles. The van der Waals surface area contributed by atoms with Gasteiger partial charge in [-0.1, -0.05) is 11.2 Å². The van der Waals surface area contributed by atoms with E-state index >= 15 is 0 Å². The Bertz CT molecular complexity index is 1090. The molecule has 3 aromatic rings. The van der Waals surface area contributed by atoms with Crippen molar-refractivity contribution < 1.29 is 22.6 Å². The first-order valence-corrected chi connectivity index (χ1v) is 9.43. The summed E-state index contributed by atoms with van der Waals surface area (Å²) >= 11 is 0. The number of sulfonamides is 1. The van der Waals surface area contributed by atoms with E-state index in [-0.39, 0.29) is 23.0 Å². The topological polar surface area (TPSA) is 129 Å². The molecule has 0 aliphatic rings. The van der Waals surface area contributed by atoms with Gasteiger partial charge in [0.1, 0.15) is 5.75 Å². The summed E-state index contributed by atoms with van der Waals surface area (Å²) in [5, 5.41) is 14.7. The van der Waals surface area contributed by atoms with Gasteiger partial charge in [0.2, 0.25) is 21.7 Å². The number of rotatable bonds is 7. The highest BCUT2D eigenvalue weighted by atomic mass is 32.2. The van der Waals surface area contributed by atoms with Crippen LogP contribution in [0.25, 0.3) is 11.4 Å². The number of hydrogen-bond donors (Lipinski definition) is 0. The normalized spacial score (nSPS) is 11.5. The number of hydrogen-bond acceptors (Lipinski definition) is 8. The molecule has 2 aromatic carbocycles. The summed E-state index contributed by atoms with van der Waals surface area (Å²) in [6.07, 6.45) is 0. The van der Waals surface area contributed by atoms with E-state index in [1.807, 2.05) is 0 Å². The van der Waals surface area contributed by atoms with Crippen molar-refractivity contribution in [1.82, 2.24) is 14.4 Å². The standard InChI is InChI=1S/C17H16N4O6S/c1-20(28(24,25)15-5-3-4-13(10-15)21(22)23)11-16-18-17(19-27-16)12-6-8-14(26-2)9-7-12/h3-10H,11H2,1-2H3. The minimum absolute atomic E-state index is 0.0855. The smallest absolute Gasteiger partial charge is 0.270 e. The van der Waals surface area contributed by atoms with Crippen LogP contribution >= 0.6 is 0 Å². The zero-order chi connectivity index (χ0) is 20.3. The fourth-order valence-corrected chi connectivity index (χ4v) is 3.55. The Morgan fingerprint density at radius 3 is 2.57 bits per heavy atom. The summed E-state index contributed by atoms with van der Waals surface area (Å²) in [6.45, 7) is -0.186. The Morgan fingerprint density at radius 2 is 1.93 bits per heavy atom. The molecule has 0 bridgehead atoms. The van der Waals surface area contributed by atoms with Gasteiger partial charge in [0.25, 0.3) is 5.69 Å². The molecule has 146 valence electrons. The molecule has 1 heterocycles. The number of nitro groups is 1. The van der Waals surface area contributed by atoms with Gasteiger partial charge in [0.15, 0.2) is 0 Å². The van der Waals surface area contributed by atoms with Gasteiger partial charge < -0.3 is 9.26 Å². The molecule has 0 amide bonds. The summed E-state index contributed by atoms with van der Waals surface area (Å²) in [7, 11) is -1.09. The second kappa shape index (κ2) is 7.74. The van der Waals surface area contributed by atoms with Crippen molar-refractivity contribution in [1.29, 1.82) is 0 Å². The molecule has 0 radical (unpaired) electrons. The third-order valence-corrected chi connectivity index (χ3v) is 5.71. The monoisotopic (exact) mass is 404 g/mol. The van der Waals surface area contributed by atoms with Crippen LogP contribution in [0.2, 0.25) is 0 Å². The fraction of sp³-hybridized carbons (Fsp3) is 0.176. The van der Waals surface area contributed by atoms with Crippen LogP contribution in [-0.4, -0.2) is 41.9 Å². The lowest BCUT2D eigenvalue weighted by molar-refractivity contribution is -0.385. The van der Waals surface area contributed by atoms with Crippen LogP contribution in [0.15, 0.2) is 57.9 Å². The maximum Gasteiger partial charge on any atom is 0.270 e. The molecular weight excluding hydrogens is 388 g/mol. The van der Waals surface area contributed by atoms with Crippen LogP contribution in [-0.2, 0) is 16.6 Å². The Labute approximate surface area is 160 Å². The van der Waals surface area contributed by atoms with E-state index in [0.717, 1.165) is 10.4 Å². The highest BCUT2D eigenvalue weighted by molar-refractivity contribution is 7.89. The number of methoxy groups -OCH3 is 1. The number of aromatic nitrogens is 2. The van der Waals surface area contributed by atoms with Crippen molar-refractivity contribution in [3.8, 4) is 17.1 Å². The van der Waals surface area contributed by atoms with Gasteiger partial charge in [0, 0.05) is 24.7 Å². The molecule has 0 saturated carbocycles. The largest absolute Gasteiger partial charge is 0.497 e. The van der Waals surface area contributed by atoms with Crippen LogP contribution < -0.4 is 4.74 Å². The second-order valence-corrected chi connectivity index (χ2v) is 7.80. The molecule has 0 atom stereocenters. The van der Waals surface area contributed by atoms with Crippen LogP contribution in [0.3, 0.4) is 0 Å². The Kier molecular flexibility index (Phi) is 5.38. The lowest BCUT2D eigenvalue weighted by Crippen LogP contribution is -2.26. The van der Waals surface area contributed by atoms with Gasteiger partial charge >= 0.3 is 0 Å². The van der Waals surface area contributed by atoms with E-state index in [1.165, 1.54) is 25.2 Å². The number of nitro benzene ring substituents is 1. The molecule has 3 rings (SSSR count). The Hall–Kier alpha value is -3.31. The van der Waals surface area contributed by atoms with E-state index < -0.39 is 14.9 Å². The molecule has 0 aliphatic heterocycles. The van der Waals surface area contributed by atoms with E-state index in [2.05, 4.69) is 10.1 Å². The minimum Gasteiger partial charge on any atom is -0.497 e. The van der Waals surface area contributed by atoms with E-state index in [4.69, 9.17) is 9.26 Å². The molecule has 0 aliphatic carbocycles. The summed E-state index contributed by atoms with van der Waals surface area (Å²) in [4.78, 5) is 14.2. The molecule has 11 heteroatoms. The molecule has 28 heavy (non-hydrogen) atoms. The molecule has 0 spiro atoms. The summed E-state index contributed by atoms with van der Waals surface area (Å²) in [6, 6.07) is 11.8. The van der Waals surface area contributed by atoms with Crippen molar-refractivity contribution in [2.24, 2.45) is 0 Å². The van der Waals surface area contributed by atoms with Gasteiger partial charge in [-0.2, -0.15) is 9.29 Å². The van der Waals surface area contributed by atoms with Crippen molar-refractivity contribution >= 4 is 15.7 Å². The molecule has 10 nitrogen and oxygen atoms in total. The third kappa shape index (κ3) is 4.00. The SMILES string of the molecule is COc1ccc(-c2noc(CN(C)S(=O)(=O)c3cccc([N+](=O)[O-])c3)n2)cc1. The number of nitrogens with zero attached hydrogens (tertiary/aromatic N) is 4. The highest BCUT2D eigenvalue weighted by Crippen LogP contribution is 2.23.